The van der Waals surface area contributed by atoms with Crippen LogP contribution in [-0.2, 0) is 4.79 Å². The number of piperidine rings is 1. The third kappa shape index (κ3) is 4.17. The van der Waals surface area contributed by atoms with Gasteiger partial charge in [-0.2, -0.15) is 0 Å². The molecule has 120 valence electrons. The number of aryl methyl sites for hydroxylation is 1. The van der Waals surface area contributed by atoms with E-state index >= 15 is 0 Å². The third-order valence-electron chi connectivity index (χ3n) is 4.51. The second kappa shape index (κ2) is 7.54. The Morgan fingerprint density at radius 1 is 1.23 bits per heavy atom. The molecule has 1 amide bonds. The van der Waals surface area contributed by atoms with Crippen molar-refractivity contribution in [2.75, 3.05) is 13.1 Å². The number of likely N-dealkylation sites (tertiary alicyclic amines) is 1. The zero-order valence-electron chi connectivity index (χ0n) is 13.5. The topological polar surface area (TPSA) is 63.4 Å². The summed E-state index contributed by atoms with van der Waals surface area (Å²) in [5, 5.41) is 0. The molecule has 1 aliphatic rings. The van der Waals surface area contributed by atoms with Crippen molar-refractivity contribution >= 4 is 11.7 Å². The summed E-state index contributed by atoms with van der Waals surface area (Å²) in [6, 6.07) is 7.63. The lowest BCUT2D eigenvalue weighted by molar-refractivity contribution is -0.135. The molecule has 1 heterocycles. The Hall–Kier alpha value is -1.68. The fourth-order valence-electron chi connectivity index (χ4n) is 3.05. The summed E-state index contributed by atoms with van der Waals surface area (Å²) in [7, 11) is 0. The maximum atomic E-state index is 12.4. The zero-order chi connectivity index (χ0) is 16.1. The van der Waals surface area contributed by atoms with Gasteiger partial charge in [0.1, 0.15) is 0 Å². The number of nitrogens with zero attached hydrogens (tertiary/aromatic N) is 1. The molecule has 0 aromatic heterocycles. The highest BCUT2D eigenvalue weighted by Crippen LogP contribution is 2.23. The lowest BCUT2D eigenvalue weighted by Gasteiger charge is -2.38. The van der Waals surface area contributed by atoms with Gasteiger partial charge in [-0.1, -0.05) is 36.8 Å². The molecular formula is C18H26N2O2. The molecule has 0 aliphatic carbocycles. The number of nitrogens with two attached hydrogens (primary N) is 1. The predicted octanol–water partition coefficient (Wildman–Crippen LogP) is 2.54. The lowest BCUT2D eigenvalue weighted by atomic mass is 9.92. The smallest absolute Gasteiger partial charge is 0.223 e. The molecule has 22 heavy (non-hydrogen) atoms. The number of carbonyl (C=O) groups is 2. The summed E-state index contributed by atoms with van der Waals surface area (Å²) in [6.07, 6.45) is 2.53. The summed E-state index contributed by atoms with van der Waals surface area (Å²) < 4.78 is 0. The number of ketones is 1. The van der Waals surface area contributed by atoms with Crippen molar-refractivity contribution < 1.29 is 9.59 Å². The minimum atomic E-state index is 0.0306. The van der Waals surface area contributed by atoms with E-state index in [0.717, 1.165) is 24.9 Å². The summed E-state index contributed by atoms with van der Waals surface area (Å²) in [5.74, 6) is 0.706. The standard InChI is InChI=1S/C18H26N2O2/c1-13-3-5-15(6-4-13)17(21)7-8-18(22)20-10-9-14(2)11-16(20)12-19/h3-6,14,16H,7-12,19H2,1-2H3. The maximum absolute atomic E-state index is 12.4. The van der Waals surface area contributed by atoms with Crippen molar-refractivity contribution in [1.29, 1.82) is 0 Å². The van der Waals surface area contributed by atoms with Gasteiger partial charge in [-0.15, -0.1) is 0 Å². The molecule has 1 aliphatic heterocycles. The Morgan fingerprint density at radius 2 is 1.91 bits per heavy atom. The number of carbonyl (C=O) groups excluding carboxylic acids is 2. The van der Waals surface area contributed by atoms with Crippen molar-refractivity contribution in [3.63, 3.8) is 0 Å². The van der Waals surface area contributed by atoms with Crippen LogP contribution in [0.4, 0.5) is 0 Å². The first-order chi connectivity index (χ1) is 10.5. The summed E-state index contributed by atoms with van der Waals surface area (Å²) in [4.78, 5) is 26.4. The molecule has 2 unspecified atom stereocenters. The third-order valence-corrected chi connectivity index (χ3v) is 4.51. The minimum Gasteiger partial charge on any atom is -0.338 e. The Labute approximate surface area is 132 Å². The van der Waals surface area contributed by atoms with E-state index in [1.165, 1.54) is 0 Å². The van der Waals surface area contributed by atoms with Gasteiger partial charge in [0, 0.05) is 37.5 Å². The van der Waals surface area contributed by atoms with Gasteiger partial charge in [0.25, 0.3) is 0 Å². The summed E-state index contributed by atoms with van der Waals surface area (Å²) >= 11 is 0. The molecule has 1 fully saturated rings. The monoisotopic (exact) mass is 302 g/mol. The SMILES string of the molecule is Cc1ccc(C(=O)CCC(=O)N2CCC(C)CC2CN)cc1. The van der Waals surface area contributed by atoms with Gasteiger partial charge < -0.3 is 10.6 Å². The van der Waals surface area contributed by atoms with E-state index in [-0.39, 0.29) is 30.6 Å². The van der Waals surface area contributed by atoms with Crippen molar-refractivity contribution in [2.24, 2.45) is 11.7 Å². The molecule has 2 atom stereocenters. The quantitative estimate of drug-likeness (QED) is 0.850. The molecule has 1 aromatic carbocycles. The van der Waals surface area contributed by atoms with Crippen LogP contribution in [0.3, 0.4) is 0 Å². The van der Waals surface area contributed by atoms with Gasteiger partial charge in [-0.25, -0.2) is 0 Å². The van der Waals surface area contributed by atoms with Crippen LogP contribution >= 0.6 is 0 Å². The van der Waals surface area contributed by atoms with E-state index in [1.54, 1.807) is 0 Å². The zero-order valence-corrected chi connectivity index (χ0v) is 13.5. The van der Waals surface area contributed by atoms with Crippen LogP contribution in [0.1, 0.15) is 48.5 Å². The van der Waals surface area contributed by atoms with Gasteiger partial charge in [-0.05, 0) is 25.7 Å². The highest BCUT2D eigenvalue weighted by Gasteiger charge is 2.28. The van der Waals surface area contributed by atoms with Crippen LogP contribution < -0.4 is 5.73 Å². The van der Waals surface area contributed by atoms with Gasteiger partial charge in [0.15, 0.2) is 5.78 Å². The van der Waals surface area contributed by atoms with E-state index in [4.69, 9.17) is 5.73 Å². The molecule has 0 saturated carbocycles. The number of hydrogen-bond acceptors (Lipinski definition) is 3. The molecule has 1 saturated heterocycles. The second-order valence-corrected chi connectivity index (χ2v) is 6.40. The van der Waals surface area contributed by atoms with E-state index < -0.39 is 0 Å². The van der Waals surface area contributed by atoms with E-state index in [0.29, 0.717) is 18.0 Å². The van der Waals surface area contributed by atoms with Crippen molar-refractivity contribution in [3.05, 3.63) is 35.4 Å². The number of rotatable bonds is 5. The van der Waals surface area contributed by atoms with Gasteiger partial charge in [-0.3, -0.25) is 9.59 Å². The summed E-state index contributed by atoms with van der Waals surface area (Å²) in [5.41, 5.74) is 7.60. The average molecular weight is 302 g/mol. The fraction of sp³-hybridized carbons (Fsp3) is 0.556. The second-order valence-electron chi connectivity index (χ2n) is 6.40. The molecule has 1 aromatic rings. The Kier molecular flexibility index (Phi) is 5.72. The van der Waals surface area contributed by atoms with Gasteiger partial charge in [0.05, 0.1) is 0 Å². The number of Topliss-reactive ketones (excluding diaryl/α,β-unsaturated/α-hetero) is 1. The van der Waals surface area contributed by atoms with Gasteiger partial charge in [0.2, 0.25) is 5.91 Å². The molecule has 0 radical (unpaired) electrons. The van der Waals surface area contributed by atoms with Crippen LogP contribution in [0.2, 0.25) is 0 Å². The molecule has 2 N–H and O–H groups in total. The first-order valence-corrected chi connectivity index (χ1v) is 8.10. The van der Waals surface area contributed by atoms with Crippen molar-refractivity contribution in [3.8, 4) is 0 Å². The summed E-state index contributed by atoms with van der Waals surface area (Å²) in [6.45, 7) is 5.45. The highest BCUT2D eigenvalue weighted by molar-refractivity contribution is 5.98. The number of hydrogen-bond donors (Lipinski definition) is 1. The van der Waals surface area contributed by atoms with E-state index in [1.807, 2.05) is 36.1 Å². The predicted molar refractivity (Wildman–Crippen MR) is 87.7 cm³/mol. The molecule has 0 spiro atoms. The van der Waals surface area contributed by atoms with Crippen LogP contribution in [-0.4, -0.2) is 35.7 Å². The largest absolute Gasteiger partial charge is 0.338 e. The van der Waals surface area contributed by atoms with E-state index in [9.17, 15) is 9.59 Å². The normalized spacial score (nSPS) is 21.7. The molecule has 4 heteroatoms. The Balaban J connectivity index is 1.89. The van der Waals surface area contributed by atoms with Crippen molar-refractivity contribution in [2.45, 2.75) is 45.6 Å². The van der Waals surface area contributed by atoms with Crippen molar-refractivity contribution in [1.82, 2.24) is 4.90 Å². The first kappa shape index (κ1) is 16.7. The average Bonchev–Trinajstić information content (AvgIpc) is 2.52. The molecular weight excluding hydrogens is 276 g/mol. The van der Waals surface area contributed by atoms with Crippen LogP contribution in [0.25, 0.3) is 0 Å². The number of benzene rings is 1. The van der Waals surface area contributed by atoms with Crippen LogP contribution in [0.5, 0.6) is 0 Å². The molecule has 0 bridgehead atoms. The first-order valence-electron chi connectivity index (χ1n) is 8.10. The van der Waals surface area contributed by atoms with Gasteiger partial charge >= 0.3 is 0 Å². The van der Waals surface area contributed by atoms with Crippen LogP contribution in [0, 0.1) is 12.8 Å². The highest BCUT2D eigenvalue weighted by atomic mass is 16.2. The van der Waals surface area contributed by atoms with E-state index in [2.05, 4.69) is 6.92 Å². The van der Waals surface area contributed by atoms with Crippen LogP contribution in [0.15, 0.2) is 24.3 Å². The fourth-order valence-corrected chi connectivity index (χ4v) is 3.05. The number of amides is 1. The molecule has 2 rings (SSSR count). The Morgan fingerprint density at radius 3 is 2.55 bits per heavy atom. The minimum absolute atomic E-state index is 0.0306. The Bertz CT molecular complexity index is 524. The maximum Gasteiger partial charge on any atom is 0.223 e. The molecule has 4 nitrogen and oxygen atoms in total. The lowest BCUT2D eigenvalue weighted by Crippen LogP contribution is -2.49.